The van der Waals surface area contributed by atoms with Gasteiger partial charge in [0.05, 0.1) is 23.4 Å². The molecule has 2 spiro atoms. The third-order valence-corrected chi connectivity index (χ3v) is 10.5. The van der Waals surface area contributed by atoms with Crippen molar-refractivity contribution in [1.82, 2.24) is 15.1 Å². The van der Waals surface area contributed by atoms with Gasteiger partial charge in [-0.05, 0) is 69.0 Å². The fraction of sp³-hybridized carbons (Fsp3) is 0.607. The third kappa shape index (κ3) is 2.48. The zero-order chi connectivity index (χ0) is 25.3. The molecule has 9 unspecified atom stereocenters. The highest BCUT2D eigenvalue weighted by atomic mass is 19.1. The summed E-state index contributed by atoms with van der Waals surface area (Å²) in [5.41, 5.74) is -0.932. The van der Waals surface area contributed by atoms with Crippen molar-refractivity contribution in [1.29, 1.82) is 0 Å². The Hall–Kier alpha value is -2.10. The minimum atomic E-state index is -2.46. The maximum atomic E-state index is 17.0. The maximum Gasteiger partial charge on any atom is 0.197 e. The molecule has 0 amide bonds. The zero-order valence-electron chi connectivity index (χ0n) is 20.9. The van der Waals surface area contributed by atoms with E-state index in [1.165, 1.54) is 5.57 Å². The first-order valence-corrected chi connectivity index (χ1v) is 13.0. The predicted octanol–water partition coefficient (Wildman–Crippen LogP) is 2.73. The smallest absolute Gasteiger partial charge is 0.197 e. The number of fused-ring (bicyclic) bond motifs is 2. The number of aliphatic hydroxyl groups excluding tert-OH is 3. The van der Waals surface area contributed by atoms with E-state index in [0.717, 1.165) is 22.9 Å². The summed E-state index contributed by atoms with van der Waals surface area (Å²) in [6, 6.07) is 5.88. The number of hydrogen-bond acceptors (Lipinski definition) is 6. The Morgan fingerprint density at radius 3 is 2.75 bits per heavy atom. The van der Waals surface area contributed by atoms with E-state index in [1.807, 2.05) is 31.3 Å². The molecule has 36 heavy (non-hydrogen) atoms. The monoisotopic (exact) mass is 495 g/mol. The van der Waals surface area contributed by atoms with Crippen LogP contribution in [0.5, 0.6) is 0 Å². The number of rotatable bonds is 2. The van der Waals surface area contributed by atoms with Crippen LogP contribution in [0.4, 0.5) is 4.39 Å². The van der Waals surface area contributed by atoms with Crippen LogP contribution in [0.25, 0.3) is 16.5 Å². The number of nitrogens with zero attached hydrogens (tertiary/aromatic N) is 2. The molecule has 192 valence electrons. The van der Waals surface area contributed by atoms with Crippen molar-refractivity contribution < 1.29 is 24.4 Å². The molecule has 1 aromatic carbocycles. The fourth-order valence-electron chi connectivity index (χ4n) is 8.63. The van der Waals surface area contributed by atoms with Gasteiger partial charge in [-0.1, -0.05) is 31.2 Å². The Bertz CT molecular complexity index is 1320. The number of H-pyrrole nitrogens is 1. The molecule has 3 fully saturated rings. The number of ether oxygens (including phenoxy) is 1. The lowest BCUT2D eigenvalue weighted by Gasteiger charge is -2.62. The molecule has 5 aliphatic rings. The molecule has 2 aromatic rings. The summed E-state index contributed by atoms with van der Waals surface area (Å²) in [6.07, 6.45) is 4.12. The topological polar surface area (TPSA) is 102 Å². The second-order valence-electron chi connectivity index (χ2n) is 12.2. The Kier molecular flexibility index (Phi) is 4.52. The molecule has 9 atom stereocenters. The first kappa shape index (κ1) is 23.0. The molecule has 3 heterocycles. The average molecular weight is 496 g/mol. The van der Waals surface area contributed by atoms with Gasteiger partial charge in [-0.15, -0.1) is 0 Å². The number of aliphatic hydroxyl groups is 3. The van der Waals surface area contributed by atoms with Crippen LogP contribution in [-0.4, -0.2) is 85.7 Å². The van der Waals surface area contributed by atoms with Crippen molar-refractivity contribution in [2.24, 2.45) is 11.3 Å². The normalized spacial score (nSPS) is 47.4. The largest absolute Gasteiger partial charge is 0.389 e. The first-order valence-electron chi connectivity index (χ1n) is 13.0. The van der Waals surface area contributed by atoms with Gasteiger partial charge in [0.15, 0.2) is 5.67 Å². The molecule has 2 saturated heterocycles. The summed E-state index contributed by atoms with van der Waals surface area (Å²) >= 11 is 0. The number of halogens is 1. The maximum absolute atomic E-state index is 17.0. The Morgan fingerprint density at radius 1 is 1.17 bits per heavy atom. The highest BCUT2D eigenvalue weighted by molar-refractivity contribution is 5.84. The molecule has 1 aromatic heterocycles. The molecule has 1 saturated carbocycles. The number of allylic oxidation sites excluding steroid dienone is 3. The van der Waals surface area contributed by atoms with E-state index in [0.29, 0.717) is 24.8 Å². The van der Waals surface area contributed by atoms with Crippen LogP contribution in [0.3, 0.4) is 0 Å². The van der Waals surface area contributed by atoms with E-state index < -0.39 is 41.2 Å². The van der Waals surface area contributed by atoms with Crippen molar-refractivity contribution in [2.45, 2.75) is 80.3 Å². The summed E-state index contributed by atoms with van der Waals surface area (Å²) in [6.45, 7) is 2.26. The van der Waals surface area contributed by atoms with Crippen LogP contribution in [-0.2, 0) is 4.74 Å². The molecular formula is C28H34FN3O4. The van der Waals surface area contributed by atoms with Gasteiger partial charge in [-0.25, -0.2) is 4.39 Å². The highest BCUT2D eigenvalue weighted by Gasteiger charge is 2.79. The average Bonchev–Trinajstić information content (AvgIpc) is 3.55. The van der Waals surface area contributed by atoms with Gasteiger partial charge in [-0.3, -0.25) is 5.10 Å². The van der Waals surface area contributed by atoms with Crippen molar-refractivity contribution in [3.8, 4) is 0 Å². The molecule has 7 rings (SSSR count). The van der Waals surface area contributed by atoms with Crippen LogP contribution in [0, 0.1) is 11.3 Å². The molecule has 3 aliphatic carbocycles. The van der Waals surface area contributed by atoms with Gasteiger partial charge < -0.3 is 25.0 Å². The molecule has 8 heteroatoms. The number of aromatic nitrogens is 2. The summed E-state index contributed by atoms with van der Waals surface area (Å²) in [5, 5.41) is 41.8. The lowest BCUT2D eigenvalue weighted by atomic mass is 9.55. The van der Waals surface area contributed by atoms with Gasteiger partial charge in [0, 0.05) is 22.8 Å². The standard InChI is InChI=1S/C28H34FN3O4/c1-25-9-8-18-23(34)28(29)24(35)22(33)20(32(2)3)13-26(28)10-11-27(18,36-26)21(25)7-6-17(25)15-4-5-16-14-30-31-19(16)12-15/h4-6,8,12,14,20-24,33-35H,7,9-11,13H2,1-3H3,(H,30,31). The zero-order valence-corrected chi connectivity index (χ0v) is 20.9. The number of hydrogen-bond donors (Lipinski definition) is 4. The highest BCUT2D eigenvalue weighted by Crippen LogP contribution is 2.70. The van der Waals surface area contributed by atoms with Crippen molar-refractivity contribution >= 4 is 16.5 Å². The number of benzene rings is 1. The summed E-state index contributed by atoms with van der Waals surface area (Å²) in [5.74, 6) is 0.0397. The van der Waals surface area contributed by atoms with Gasteiger partial charge in [0.2, 0.25) is 0 Å². The van der Waals surface area contributed by atoms with Crippen LogP contribution in [0.1, 0.15) is 44.6 Å². The van der Waals surface area contributed by atoms with Crippen LogP contribution in [0.15, 0.2) is 42.1 Å². The van der Waals surface area contributed by atoms with E-state index in [2.05, 4.69) is 41.4 Å². The van der Waals surface area contributed by atoms with Gasteiger partial charge in [0.25, 0.3) is 0 Å². The SMILES string of the molecule is CN(C)C1CC23CCC4(O2)C(=CCC2(C)C(c5ccc6cn[nH]c6c5)=CCC24)C(O)C3(F)C(O)C1O. The summed E-state index contributed by atoms with van der Waals surface area (Å²) in [4.78, 5) is 1.82. The van der Waals surface area contributed by atoms with Crippen LogP contribution < -0.4 is 0 Å². The van der Waals surface area contributed by atoms with Gasteiger partial charge in [0.1, 0.15) is 17.8 Å². The van der Waals surface area contributed by atoms with Crippen molar-refractivity contribution in [3.05, 3.63) is 47.7 Å². The van der Waals surface area contributed by atoms with E-state index in [-0.39, 0.29) is 17.8 Å². The molecule has 2 aliphatic heterocycles. The Labute approximate surface area is 209 Å². The number of aromatic amines is 1. The van der Waals surface area contributed by atoms with E-state index in [9.17, 15) is 15.3 Å². The van der Waals surface area contributed by atoms with E-state index in [1.54, 1.807) is 0 Å². The second-order valence-corrected chi connectivity index (χ2v) is 12.2. The fourth-order valence-corrected chi connectivity index (χ4v) is 8.63. The molecule has 0 radical (unpaired) electrons. The van der Waals surface area contributed by atoms with Crippen LogP contribution >= 0.6 is 0 Å². The quantitative estimate of drug-likeness (QED) is 0.478. The molecule has 2 bridgehead atoms. The second kappa shape index (κ2) is 7.05. The van der Waals surface area contributed by atoms with Crippen molar-refractivity contribution in [3.63, 3.8) is 0 Å². The number of likely N-dealkylation sites (N-methyl/N-ethyl adjacent to an activating group) is 1. The Morgan fingerprint density at radius 2 is 1.97 bits per heavy atom. The predicted molar refractivity (Wildman–Crippen MR) is 133 cm³/mol. The first-order chi connectivity index (χ1) is 17.1. The van der Waals surface area contributed by atoms with Crippen LogP contribution in [0.2, 0.25) is 0 Å². The van der Waals surface area contributed by atoms with Gasteiger partial charge >= 0.3 is 0 Å². The molecular weight excluding hydrogens is 461 g/mol. The lowest BCUT2D eigenvalue weighted by Crippen LogP contribution is -2.78. The minimum absolute atomic E-state index is 0.0397. The third-order valence-electron chi connectivity index (χ3n) is 10.5. The van der Waals surface area contributed by atoms with Gasteiger partial charge in [-0.2, -0.15) is 5.10 Å². The summed E-state index contributed by atoms with van der Waals surface area (Å²) in [7, 11) is 3.64. The Balaban J connectivity index is 1.32. The molecule has 4 N–H and O–H groups in total. The molecule has 7 nitrogen and oxygen atoms in total. The lowest BCUT2D eigenvalue weighted by molar-refractivity contribution is -0.308. The van der Waals surface area contributed by atoms with E-state index >= 15 is 4.39 Å². The van der Waals surface area contributed by atoms with E-state index in [4.69, 9.17) is 4.74 Å². The minimum Gasteiger partial charge on any atom is -0.389 e. The van der Waals surface area contributed by atoms with Crippen molar-refractivity contribution in [2.75, 3.05) is 14.1 Å². The number of alkyl halides is 1. The number of nitrogens with one attached hydrogen (secondary N) is 1. The summed E-state index contributed by atoms with van der Waals surface area (Å²) < 4.78 is 23.9.